The molecule has 0 radical (unpaired) electrons. The van der Waals surface area contributed by atoms with E-state index in [-0.39, 0.29) is 28.0 Å². The van der Waals surface area contributed by atoms with Crippen molar-refractivity contribution < 1.29 is 48.0 Å². The third-order valence-corrected chi connectivity index (χ3v) is 7.15. The number of para-hydroxylation sites is 1. The van der Waals surface area contributed by atoms with Crippen LogP contribution in [-0.2, 0) is 9.47 Å². The van der Waals surface area contributed by atoms with Gasteiger partial charge in [0.2, 0.25) is 6.29 Å². The van der Waals surface area contributed by atoms with E-state index < -0.39 is 65.7 Å². The van der Waals surface area contributed by atoms with E-state index >= 15 is 0 Å². The Hall–Kier alpha value is -4.59. The Morgan fingerprint density at radius 1 is 1.15 bits per heavy atom. The van der Waals surface area contributed by atoms with Crippen molar-refractivity contribution in [3.05, 3.63) is 64.2 Å². The number of carbonyl (C=O) groups excluding carboxylic acids is 2. The Bertz CT molecular complexity index is 1670. The average molecular weight is 569 g/mol. The van der Waals surface area contributed by atoms with E-state index in [4.69, 9.17) is 28.8 Å². The van der Waals surface area contributed by atoms with E-state index in [9.17, 15) is 29.7 Å². The SMILES string of the molecule is Cc1c(O[C@@H]2OC(C)(C)[C@H](CO)[C@@H](OC(N)=O)[C@H]2O)ccc2c(O)c(NC(=O)c3cc4ccccc4o3)c(=O)oc12. The largest absolute Gasteiger partial charge is 0.505 e. The number of nitrogens with two attached hydrogens (primary N) is 1. The lowest BCUT2D eigenvalue weighted by molar-refractivity contribution is -0.290. The molecule has 1 fully saturated rings. The molecular weight excluding hydrogens is 540 g/mol. The predicted octanol–water partition coefficient (Wildman–Crippen LogP) is 2.75. The van der Waals surface area contributed by atoms with Crippen molar-refractivity contribution in [3.63, 3.8) is 0 Å². The summed E-state index contributed by atoms with van der Waals surface area (Å²) in [5, 5.41) is 34.7. The molecule has 2 amide bonds. The number of hydrogen-bond donors (Lipinski definition) is 5. The minimum Gasteiger partial charge on any atom is -0.505 e. The van der Waals surface area contributed by atoms with E-state index in [1.165, 1.54) is 18.2 Å². The number of fused-ring (bicyclic) bond motifs is 2. The van der Waals surface area contributed by atoms with Crippen LogP contribution in [0.1, 0.15) is 30.0 Å². The second-order valence-corrected chi connectivity index (χ2v) is 10.2. The average Bonchev–Trinajstić information content (AvgIpc) is 3.35. The molecule has 0 saturated carbocycles. The molecule has 13 nitrogen and oxygen atoms in total. The van der Waals surface area contributed by atoms with Gasteiger partial charge in [0.1, 0.15) is 23.0 Å². The fraction of sp³-hybridized carbons (Fsp3) is 0.321. The smallest absolute Gasteiger partial charge is 0.404 e. The first-order valence-corrected chi connectivity index (χ1v) is 12.6. The number of amides is 2. The highest BCUT2D eigenvalue weighted by molar-refractivity contribution is 6.06. The lowest BCUT2D eigenvalue weighted by atomic mass is 9.81. The third-order valence-electron chi connectivity index (χ3n) is 7.15. The van der Waals surface area contributed by atoms with Crippen LogP contribution in [-0.4, -0.2) is 58.0 Å². The van der Waals surface area contributed by atoms with Gasteiger partial charge in [-0.25, -0.2) is 9.59 Å². The molecule has 1 saturated heterocycles. The second-order valence-electron chi connectivity index (χ2n) is 10.2. The molecule has 4 atom stereocenters. The summed E-state index contributed by atoms with van der Waals surface area (Å²) in [6, 6.07) is 11.3. The van der Waals surface area contributed by atoms with E-state index in [0.717, 1.165) is 0 Å². The summed E-state index contributed by atoms with van der Waals surface area (Å²) in [7, 11) is 0. The lowest BCUT2D eigenvalue weighted by Gasteiger charge is -2.47. The highest BCUT2D eigenvalue weighted by Crippen LogP contribution is 2.39. The van der Waals surface area contributed by atoms with Gasteiger partial charge in [-0.2, -0.15) is 0 Å². The van der Waals surface area contributed by atoms with E-state index in [1.54, 1.807) is 45.0 Å². The van der Waals surface area contributed by atoms with Crippen LogP contribution in [0.3, 0.4) is 0 Å². The summed E-state index contributed by atoms with van der Waals surface area (Å²) in [5.74, 6) is -2.07. The number of furan rings is 1. The molecule has 4 aromatic rings. The molecule has 2 aromatic carbocycles. The van der Waals surface area contributed by atoms with Gasteiger partial charge in [-0.3, -0.25) is 4.79 Å². The number of aromatic hydroxyl groups is 1. The molecule has 1 aliphatic heterocycles. The zero-order valence-electron chi connectivity index (χ0n) is 22.2. The molecule has 6 N–H and O–H groups in total. The normalized spacial score (nSPS) is 22.0. The van der Waals surface area contributed by atoms with Gasteiger partial charge in [0.25, 0.3) is 5.91 Å². The standard InChI is InChI=1S/C28H28N2O11/c1-12-16(38-26-21(33)23(40-27(29)36)15(11-31)28(2,3)41-26)9-8-14-20(32)19(25(35)39-22(12)14)30-24(34)18-10-13-6-4-5-7-17(13)37-18/h4-10,15,21,23,26,31-33H,11H2,1-3H3,(H2,29,36)(H,30,34)/t15-,21-,23-,26-/m1/s1. The number of hydrogen-bond acceptors (Lipinski definition) is 11. The molecule has 13 heteroatoms. The molecule has 0 aliphatic carbocycles. The van der Waals surface area contributed by atoms with Crippen molar-refractivity contribution in [3.8, 4) is 11.5 Å². The minimum absolute atomic E-state index is 0.0468. The van der Waals surface area contributed by atoms with Crippen LogP contribution < -0.4 is 21.4 Å². The monoisotopic (exact) mass is 568 g/mol. The summed E-state index contributed by atoms with van der Waals surface area (Å²) < 4.78 is 27.8. The Kier molecular flexibility index (Phi) is 7.11. The second kappa shape index (κ2) is 10.4. The number of anilines is 1. The van der Waals surface area contributed by atoms with Crippen LogP contribution >= 0.6 is 0 Å². The molecule has 41 heavy (non-hydrogen) atoms. The number of benzene rings is 2. The van der Waals surface area contributed by atoms with Gasteiger partial charge in [-0.05, 0) is 45.0 Å². The van der Waals surface area contributed by atoms with Gasteiger partial charge in [-0.1, -0.05) is 18.2 Å². The number of primary amides is 1. The Morgan fingerprint density at radius 3 is 2.56 bits per heavy atom. The van der Waals surface area contributed by atoms with Crippen molar-refractivity contribution >= 4 is 39.6 Å². The van der Waals surface area contributed by atoms with Crippen molar-refractivity contribution in [1.82, 2.24) is 0 Å². The summed E-state index contributed by atoms with van der Waals surface area (Å²) in [6.45, 7) is 4.32. The maximum Gasteiger partial charge on any atom is 0.404 e. The first-order valence-electron chi connectivity index (χ1n) is 12.6. The molecule has 5 rings (SSSR count). The van der Waals surface area contributed by atoms with Gasteiger partial charge in [0, 0.05) is 10.9 Å². The van der Waals surface area contributed by atoms with Gasteiger partial charge < -0.3 is 49.4 Å². The Morgan fingerprint density at radius 2 is 1.88 bits per heavy atom. The Balaban J connectivity index is 1.44. The van der Waals surface area contributed by atoms with Crippen molar-refractivity contribution in [2.75, 3.05) is 11.9 Å². The first-order chi connectivity index (χ1) is 19.4. The number of rotatable bonds is 6. The number of ether oxygens (including phenoxy) is 3. The van der Waals surface area contributed by atoms with Crippen LogP contribution in [0.25, 0.3) is 21.9 Å². The number of nitrogens with one attached hydrogen (secondary N) is 1. The highest BCUT2D eigenvalue weighted by atomic mass is 16.7. The summed E-state index contributed by atoms with van der Waals surface area (Å²) in [6.07, 6.45) is -5.31. The molecule has 0 bridgehead atoms. The molecule has 1 aliphatic rings. The lowest BCUT2D eigenvalue weighted by Crippen LogP contribution is -2.62. The summed E-state index contributed by atoms with van der Waals surface area (Å²) >= 11 is 0. The molecular formula is C28H28N2O11. The van der Waals surface area contributed by atoms with Crippen LogP contribution in [0.4, 0.5) is 10.5 Å². The first kappa shape index (κ1) is 28.0. The molecule has 2 aromatic heterocycles. The van der Waals surface area contributed by atoms with E-state index in [1.807, 2.05) is 0 Å². The number of aryl methyl sites for hydroxylation is 1. The number of aliphatic hydroxyl groups excluding tert-OH is 2. The number of aliphatic hydroxyl groups is 2. The van der Waals surface area contributed by atoms with Gasteiger partial charge >= 0.3 is 11.7 Å². The van der Waals surface area contributed by atoms with E-state index in [2.05, 4.69) is 5.32 Å². The third kappa shape index (κ3) is 5.06. The maximum absolute atomic E-state index is 12.8. The molecule has 0 spiro atoms. The molecule has 3 heterocycles. The molecule has 0 unspecified atom stereocenters. The van der Waals surface area contributed by atoms with Gasteiger partial charge in [0.15, 0.2) is 23.3 Å². The topological polar surface area (TPSA) is 204 Å². The van der Waals surface area contributed by atoms with Crippen molar-refractivity contribution in [2.24, 2.45) is 11.7 Å². The van der Waals surface area contributed by atoms with Crippen LogP contribution in [0.15, 0.2) is 56.1 Å². The van der Waals surface area contributed by atoms with Crippen LogP contribution in [0.5, 0.6) is 11.5 Å². The quantitative estimate of drug-likeness (QED) is 0.214. The zero-order chi connectivity index (χ0) is 29.6. The van der Waals surface area contributed by atoms with Gasteiger partial charge in [0.05, 0.1) is 23.5 Å². The summed E-state index contributed by atoms with van der Waals surface area (Å²) in [5.41, 5.74) is 3.23. The Labute approximate surface area is 232 Å². The minimum atomic E-state index is -1.54. The zero-order valence-corrected chi connectivity index (χ0v) is 22.2. The van der Waals surface area contributed by atoms with Crippen LogP contribution in [0.2, 0.25) is 0 Å². The summed E-state index contributed by atoms with van der Waals surface area (Å²) in [4.78, 5) is 37.1. The fourth-order valence-electron chi connectivity index (χ4n) is 4.95. The van der Waals surface area contributed by atoms with Crippen molar-refractivity contribution in [1.29, 1.82) is 0 Å². The maximum atomic E-state index is 12.8. The predicted molar refractivity (Wildman–Crippen MR) is 144 cm³/mol. The number of carbonyl (C=O) groups is 2. The fourth-order valence-corrected chi connectivity index (χ4v) is 4.95. The molecule has 216 valence electrons. The van der Waals surface area contributed by atoms with Gasteiger partial charge in [-0.15, -0.1) is 0 Å². The van der Waals surface area contributed by atoms with Crippen LogP contribution in [0, 0.1) is 12.8 Å². The van der Waals surface area contributed by atoms with Crippen molar-refractivity contribution in [2.45, 2.75) is 44.9 Å². The van der Waals surface area contributed by atoms with E-state index in [0.29, 0.717) is 11.0 Å². The highest BCUT2D eigenvalue weighted by Gasteiger charge is 2.52.